The lowest BCUT2D eigenvalue weighted by molar-refractivity contribution is 1.28. The molecule has 0 aromatic heterocycles. The van der Waals surface area contributed by atoms with Gasteiger partial charge in [-0.15, -0.1) is 0 Å². The average Bonchev–Trinajstić information content (AvgIpc) is 2.36. The molecule has 49 valence electrons. The molecule has 1 radical (unpaired) electrons. The molecule has 0 fully saturated rings. The van der Waals surface area contributed by atoms with E-state index in [2.05, 4.69) is 31.2 Å². The maximum absolute atomic E-state index is 3.18. The fraction of sp³-hybridized carbons (Fsp3) is 0.200. The second-order valence-corrected chi connectivity index (χ2v) is 2.65. The lowest BCUT2D eigenvalue weighted by Crippen LogP contribution is -1.83. The minimum atomic E-state index is 1.10. The molecule has 0 nitrogen and oxygen atoms in total. The van der Waals surface area contributed by atoms with Crippen molar-refractivity contribution in [3.05, 3.63) is 41.0 Å². The smallest absolute Gasteiger partial charge is 0.00881 e. The highest BCUT2D eigenvalue weighted by Gasteiger charge is 2.05. The first-order valence-corrected chi connectivity index (χ1v) is 3.54. The zero-order chi connectivity index (χ0) is 6.97. The first-order valence-electron chi connectivity index (χ1n) is 3.54. The van der Waals surface area contributed by atoms with Crippen molar-refractivity contribution in [1.82, 2.24) is 0 Å². The number of rotatable bonds is 0. The Balaban J connectivity index is 2.67. The van der Waals surface area contributed by atoms with Gasteiger partial charge in [0.15, 0.2) is 0 Å². The highest BCUT2D eigenvalue weighted by molar-refractivity contribution is 5.62. The van der Waals surface area contributed by atoms with E-state index in [9.17, 15) is 0 Å². The van der Waals surface area contributed by atoms with Crippen LogP contribution in [-0.2, 0) is 6.42 Å². The molecule has 0 aliphatic heterocycles. The fourth-order valence-corrected chi connectivity index (χ4v) is 1.39. The Morgan fingerprint density at radius 2 is 2.40 bits per heavy atom. The monoisotopic (exact) mass is 129 g/mol. The van der Waals surface area contributed by atoms with E-state index >= 15 is 0 Å². The van der Waals surface area contributed by atoms with E-state index in [1.54, 1.807) is 0 Å². The molecule has 2 rings (SSSR count). The normalized spacial score (nSPS) is 13.7. The number of hydrogen-bond donors (Lipinski definition) is 0. The third kappa shape index (κ3) is 0.688. The summed E-state index contributed by atoms with van der Waals surface area (Å²) in [5.41, 5.74) is 4.09. The van der Waals surface area contributed by atoms with Crippen LogP contribution >= 0.6 is 0 Å². The van der Waals surface area contributed by atoms with Crippen LogP contribution in [-0.4, -0.2) is 0 Å². The van der Waals surface area contributed by atoms with Gasteiger partial charge in [-0.25, -0.2) is 0 Å². The lowest BCUT2D eigenvalue weighted by Gasteiger charge is -1.99. The molecule has 1 aromatic rings. The van der Waals surface area contributed by atoms with E-state index in [0.717, 1.165) is 6.42 Å². The molecule has 0 spiro atoms. The zero-order valence-corrected chi connectivity index (χ0v) is 6.02. The Hall–Kier alpha value is -1.04. The Morgan fingerprint density at radius 3 is 3.20 bits per heavy atom. The molecule has 0 unspecified atom stereocenters. The molecule has 10 heavy (non-hydrogen) atoms. The molecular weight excluding hydrogens is 120 g/mol. The first kappa shape index (κ1) is 5.72. The van der Waals surface area contributed by atoms with E-state index in [1.807, 2.05) is 6.07 Å². The molecule has 0 atom stereocenters. The van der Waals surface area contributed by atoms with Crippen molar-refractivity contribution in [3.63, 3.8) is 0 Å². The van der Waals surface area contributed by atoms with Gasteiger partial charge in [-0.1, -0.05) is 24.3 Å². The average molecular weight is 129 g/mol. The largest absolute Gasteiger partial charge is 0.0795 e. The summed E-state index contributed by atoms with van der Waals surface area (Å²) in [5, 5.41) is 0. The Morgan fingerprint density at radius 1 is 1.50 bits per heavy atom. The summed E-state index contributed by atoms with van der Waals surface area (Å²) in [4.78, 5) is 0. The molecule has 0 bridgehead atoms. The van der Waals surface area contributed by atoms with Gasteiger partial charge >= 0.3 is 0 Å². The minimum absolute atomic E-state index is 1.10. The van der Waals surface area contributed by atoms with Gasteiger partial charge in [0.25, 0.3) is 0 Å². The van der Waals surface area contributed by atoms with Crippen LogP contribution in [0, 0.1) is 13.0 Å². The topological polar surface area (TPSA) is 0 Å². The minimum Gasteiger partial charge on any atom is -0.0795 e. The van der Waals surface area contributed by atoms with E-state index in [1.165, 1.54) is 16.7 Å². The van der Waals surface area contributed by atoms with E-state index in [-0.39, 0.29) is 0 Å². The summed E-state index contributed by atoms with van der Waals surface area (Å²) >= 11 is 0. The molecule has 0 saturated carbocycles. The molecule has 1 aliphatic rings. The van der Waals surface area contributed by atoms with Gasteiger partial charge in [0.2, 0.25) is 0 Å². The highest BCUT2D eigenvalue weighted by Crippen LogP contribution is 2.21. The van der Waals surface area contributed by atoms with Crippen molar-refractivity contribution in [1.29, 1.82) is 0 Å². The van der Waals surface area contributed by atoms with Gasteiger partial charge in [-0.2, -0.15) is 0 Å². The number of hydrogen-bond acceptors (Lipinski definition) is 0. The summed E-state index contributed by atoms with van der Waals surface area (Å²) in [6.45, 7) is 2.11. The molecule has 0 N–H and O–H groups in total. The molecule has 1 aliphatic carbocycles. The number of fused-ring (bicyclic) bond motifs is 1. The van der Waals surface area contributed by atoms with Gasteiger partial charge in [0, 0.05) is 0 Å². The highest BCUT2D eigenvalue weighted by atomic mass is 14.1. The molecular formula is C10H9. The number of benzene rings is 1. The summed E-state index contributed by atoms with van der Waals surface area (Å²) in [7, 11) is 0. The third-order valence-corrected chi connectivity index (χ3v) is 1.96. The summed E-state index contributed by atoms with van der Waals surface area (Å²) in [6, 6.07) is 7.32. The second-order valence-electron chi connectivity index (χ2n) is 2.65. The van der Waals surface area contributed by atoms with Crippen LogP contribution in [0.15, 0.2) is 18.2 Å². The quantitative estimate of drug-likeness (QED) is 0.504. The third-order valence-electron chi connectivity index (χ3n) is 1.96. The standard InChI is InChI=1S/C10H9/c1-8-4-2-5-9-6-3-7-10(8)9/h2-3,5,7H,6H2,1H3. The Labute approximate surface area is 61.2 Å². The maximum atomic E-state index is 3.18. The van der Waals surface area contributed by atoms with Crippen molar-refractivity contribution < 1.29 is 0 Å². The van der Waals surface area contributed by atoms with Crippen LogP contribution in [0.25, 0.3) is 6.08 Å². The van der Waals surface area contributed by atoms with Crippen molar-refractivity contribution in [3.8, 4) is 0 Å². The Kier molecular flexibility index (Phi) is 1.13. The van der Waals surface area contributed by atoms with Gasteiger partial charge in [0.05, 0.1) is 0 Å². The predicted molar refractivity (Wildman–Crippen MR) is 42.8 cm³/mol. The van der Waals surface area contributed by atoms with Crippen molar-refractivity contribution in [2.45, 2.75) is 13.3 Å². The van der Waals surface area contributed by atoms with Crippen LogP contribution in [0.4, 0.5) is 0 Å². The van der Waals surface area contributed by atoms with Crippen molar-refractivity contribution in [2.75, 3.05) is 0 Å². The van der Waals surface area contributed by atoms with Crippen LogP contribution in [0.2, 0.25) is 0 Å². The first-order chi connectivity index (χ1) is 4.88. The SMILES string of the molecule is Cc1[c]ccc2c1C=CC2. The van der Waals surface area contributed by atoms with Crippen LogP contribution in [0.1, 0.15) is 16.7 Å². The van der Waals surface area contributed by atoms with Crippen LogP contribution in [0.3, 0.4) is 0 Å². The fourth-order valence-electron chi connectivity index (χ4n) is 1.39. The van der Waals surface area contributed by atoms with E-state index in [0.29, 0.717) is 0 Å². The summed E-state index contributed by atoms with van der Waals surface area (Å²) in [6.07, 6.45) is 5.48. The molecule has 1 aromatic carbocycles. The maximum Gasteiger partial charge on any atom is -0.00881 e. The number of allylic oxidation sites excluding steroid dienone is 1. The lowest BCUT2D eigenvalue weighted by atomic mass is 10.1. The summed E-state index contributed by atoms with van der Waals surface area (Å²) in [5.74, 6) is 0. The zero-order valence-electron chi connectivity index (χ0n) is 6.02. The van der Waals surface area contributed by atoms with Gasteiger partial charge in [-0.05, 0) is 36.1 Å². The van der Waals surface area contributed by atoms with E-state index in [4.69, 9.17) is 0 Å². The van der Waals surface area contributed by atoms with Gasteiger partial charge < -0.3 is 0 Å². The molecule has 0 heterocycles. The van der Waals surface area contributed by atoms with Crippen LogP contribution < -0.4 is 0 Å². The second kappa shape index (κ2) is 1.98. The van der Waals surface area contributed by atoms with Gasteiger partial charge in [0.1, 0.15) is 0 Å². The molecule has 0 saturated heterocycles. The Bertz CT molecular complexity index is 282. The predicted octanol–water partition coefficient (Wildman–Crippen LogP) is 2.36. The van der Waals surface area contributed by atoms with Crippen molar-refractivity contribution in [2.24, 2.45) is 0 Å². The summed E-state index contributed by atoms with van der Waals surface area (Å²) < 4.78 is 0. The van der Waals surface area contributed by atoms with Gasteiger partial charge in [-0.3, -0.25) is 0 Å². The van der Waals surface area contributed by atoms with E-state index < -0.39 is 0 Å². The van der Waals surface area contributed by atoms with Crippen LogP contribution in [0.5, 0.6) is 0 Å². The van der Waals surface area contributed by atoms with Crippen molar-refractivity contribution >= 4 is 6.08 Å². The number of aryl methyl sites for hydroxylation is 1. The molecule has 0 heteroatoms. The molecule has 0 amide bonds.